The second-order valence-electron chi connectivity index (χ2n) is 5.11. The summed E-state index contributed by atoms with van der Waals surface area (Å²) < 4.78 is 10.8. The molecule has 0 aliphatic rings. The van der Waals surface area contributed by atoms with Crippen LogP contribution in [0.5, 0.6) is 11.5 Å². The first-order valence-electron chi connectivity index (χ1n) is 7.55. The second-order valence-corrected chi connectivity index (χ2v) is 5.11. The molecule has 0 bridgehead atoms. The molecule has 0 aliphatic carbocycles. The first kappa shape index (κ1) is 16.7. The van der Waals surface area contributed by atoms with Gasteiger partial charge in [0.2, 0.25) is 0 Å². The minimum absolute atomic E-state index is 0.377. The lowest BCUT2D eigenvalue weighted by atomic mass is 10.2. The van der Waals surface area contributed by atoms with Crippen LogP contribution in [0.15, 0.2) is 47.5 Å². The van der Waals surface area contributed by atoms with Gasteiger partial charge in [-0.25, -0.2) is 4.99 Å². The molecule has 2 rings (SSSR count). The van der Waals surface area contributed by atoms with E-state index in [0.717, 1.165) is 17.0 Å². The van der Waals surface area contributed by atoms with Gasteiger partial charge >= 0.3 is 0 Å². The van der Waals surface area contributed by atoms with Crippen molar-refractivity contribution in [3.8, 4) is 11.5 Å². The fraction of sp³-hybridized carbons (Fsp3) is 0.278. The number of benzene rings is 2. The largest absolute Gasteiger partial charge is 0.493 e. The molecule has 2 aromatic rings. The molecule has 5 heteroatoms. The minimum Gasteiger partial charge on any atom is -0.493 e. The van der Waals surface area contributed by atoms with Crippen LogP contribution in [0.25, 0.3) is 0 Å². The minimum atomic E-state index is 0.377. The number of nitrogens with one attached hydrogen (secondary N) is 1. The predicted molar refractivity (Wildman–Crippen MR) is 94.3 cm³/mol. The van der Waals surface area contributed by atoms with Gasteiger partial charge in [0, 0.05) is 5.69 Å². The zero-order valence-electron chi connectivity index (χ0n) is 13.8. The lowest BCUT2D eigenvalue weighted by Gasteiger charge is -2.10. The van der Waals surface area contributed by atoms with E-state index in [4.69, 9.17) is 15.2 Å². The molecule has 0 aliphatic heterocycles. The van der Waals surface area contributed by atoms with Crippen LogP contribution in [0, 0.1) is 6.92 Å². The van der Waals surface area contributed by atoms with Crippen molar-refractivity contribution in [1.29, 1.82) is 0 Å². The molecule has 0 heterocycles. The summed E-state index contributed by atoms with van der Waals surface area (Å²) in [6, 6.07) is 13.7. The van der Waals surface area contributed by atoms with E-state index in [9.17, 15) is 0 Å². The van der Waals surface area contributed by atoms with Crippen molar-refractivity contribution in [1.82, 2.24) is 0 Å². The number of anilines is 1. The van der Waals surface area contributed by atoms with E-state index in [1.807, 2.05) is 56.3 Å². The quantitative estimate of drug-likeness (QED) is 0.634. The number of aryl methyl sites for hydroxylation is 1. The van der Waals surface area contributed by atoms with E-state index in [0.29, 0.717) is 24.9 Å². The Morgan fingerprint density at radius 3 is 2.52 bits per heavy atom. The van der Waals surface area contributed by atoms with E-state index < -0.39 is 0 Å². The van der Waals surface area contributed by atoms with Crippen molar-refractivity contribution >= 4 is 11.6 Å². The molecular weight excluding hydrogens is 290 g/mol. The van der Waals surface area contributed by atoms with Crippen molar-refractivity contribution in [3.63, 3.8) is 0 Å². The molecule has 0 fully saturated rings. The fourth-order valence-corrected chi connectivity index (χ4v) is 2.09. The third-order valence-corrected chi connectivity index (χ3v) is 3.28. The topological polar surface area (TPSA) is 68.9 Å². The molecule has 0 amide bonds. The number of rotatable bonds is 6. The van der Waals surface area contributed by atoms with Gasteiger partial charge in [-0.3, -0.25) is 0 Å². The molecule has 2 aromatic carbocycles. The monoisotopic (exact) mass is 313 g/mol. The molecule has 5 nitrogen and oxygen atoms in total. The summed E-state index contributed by atoms with van der Waals surface area (Å²) in [5, 5.41) is 3.07. The summed E-state index contributed by atoms with van der Waals surface area (Å²) in [5.74, 6) is 1.81. The van der Waals surface area contributed by atoms with Crippen molar-refractivity contribution in [2.45, 2.75) is 20.4 Å². The average Bonchev–Trinajstić information content (AvgIpc) is 2.56. The number of hydrogen-bond acceptors (Lipinski definition) is 3. The van der Waals surface area contributed by atoms with Crippen LogP contribution >= 0.6 is 0 Å². The maximum atomic E-state index is 5.92. The van der Waals surface area contributed by atoms with E-state index in [-0.39, 0.29) is 0 Å². The van der Waals surface area contributed by atoms with Gasteiger partial charge in [-0.15, -0.1) is 0 Å². The van der Waals surface area contributed by atoms with E-state index in [1.54, 1.807) is 7.11 Å². The van der Waals surface area contributed by atoms with E-state index >= 15 is 0 Å². The number of ether oxygens (including phenoxy) is 2. The highest BCUT2D eigenvalue weighted by Crippen LogP contribution is 2.28. The Bertz CT molecular complexity index is 666. The number of nitrogens with two attached hydrogens (primary N) is 1. The molecule has 0 atom stereocenters. The molecule has 0 radical (unpaired) electrons. The number of nitrogens with zero attached hydrogens (tertiary/aromatic N) is 1. The maximum absolute atomic E-state index is 5.92. The van der Waals surface area contributed by atoms with Gasteiger partial charge in [0.1, 0.15) is 0 Å². The third-order valence-electron chi connectivity index (χ3n) is 3.28. The van der Waals surface area contributed by atoms with E-state index in [1.165, 1.54) is 5.56 Å². The average molecular weight is 313 g/mol. The summed E-state index contributed by atoms with van der Waals surface area (Å²) in [4.78, 5) is 4.35. The fourth-order valence-electron chi connectivity index (χ4n) is 2.09. The van der Waals surface area contributed by atoms with Crippen molar-refractivity contribution in [3.05, 3.63) is 53.6 Å². The molecule has 0 spiro atoms. The number of methoxy groups -OCH3 is 1. The third kappa shape index (κ3) is 4.92. The standard InChI is InChI=1S/C18H23N3O2/c1-4-23-16-10-7-14(11-17(16)22-3)12-20-18(19)21-15-8-5-13(2)6-9-15/h5-11H,4,12H2,1-3H3,(H3,19,20,21). The molecule has 0 unspecified atom stereocenters. The van der Waals surface area contributed by atoms with Crippen LogP contribution in [0.4, 0.5) is 5.69 Å². The van der Waals surface area contributed by atoms with Gasteiger partial charge in [0.05, 0.1) is 20.3 Å². The SMILES string of the molecule is CCOc1ccc(CN=C(N)Nc2ccc(C)cc2)cc1OC. The lowest BCUT2D eigenvalue weighted by Crippen LogP contribution is -2.22. The smallest absolute Gasteiger partial charge is 0.193 e. The molecule has 0 saturated carbocycles. The molecule has 23 heavy (non-hydrogen) atoms. The Balaban J connectivity index is 2.02. The van der Waals surface area contributed by atoms with Crippen molar-refractivity contribution < 1.29 is 9.47 Å². The van der Waals surface area contributed by atoms with Gasteiger partial charge in [0.15, 0.2) is 17.5 Å². The van der Waals surface area contributed by atoms with Crippen LogP contribution in [-0.4, -0.2) is 19.7 Å². The van der Waals surface area contributed by atoms with Gasteiger partial charge in [-0.1, -0.05) is 23.8 Å². The zero-order chi connectivity index (χ0) is 16.7. The van der Waals surface area contributed by atoms with Gasteiger partial charge in [0.25, 0.3) is 0 Å². The van der Waals surface area contributed by atoms with Gasteiger partial charge < -0.3 is 20.5 Å². The number of guanidine groups is 1. The number of hydrogen-bond donors (Lipinski definition) is 2. The van der Waals surface area contributed by atoms with Crippen LogP contribution < -0.4 is 20.5 Å². The van der Waals surface area contributed by atoms with E-state index in [2.05, 4.69) is 10.3 Å². The van der Waals surface area contributed by atoms with Crippen LogP contribution in [0.3, 0.4) is 0 Å². The Hall–Kier alpha value is -2.69. The predicted octanol–water partition coefficient (Wildman–Crippen LogP) is 3.33. The highest BCUT2D eigenvalue weighted by molar-refractivity contribution is 5.92. The Kier molecular flexibility index (Phi) is 5.86. The Morgan fingerprint density at radius 1 is 1.13 bits per heavy atom. The summed E-state index contributed by atoms with van der Waals surface area (Å²) in [7, 11) is 1.62. The molecule has 0 aromatic heterocycles. The highest BCUT2D eigenvalue weighted by atomic mass is 16.5. The summed E-state index contributed by atoms with van der Waals surface area (Å²) in [5.41, 5.74) is 9.04. The second kappa shape index (κ2) is 8.08. The summed E-state index contributed by atoms with van der Waals surface area (Å²) in [6.07, 6.45) is 0. The van der Waals surface area contributed by atoms with Crippen molar-refractivity contribution in [2.24, 2.45) is 10.7 Å². The van der Waals surface area contributed by atoms with Crippen LogP contribution in [0.1, 0.15) is 18.1 Å². The number of aliphatic imine (C=N–C) groups is 1. The van der Waals surface area contributed by atoms with Gasteiger partial charge in [-0.2, -0.15) is 0 Å². The Labute approximate surface area is 137 Å². The molecule has 3 N–H and O–H groups in total. The molecular formula is C18H23N3O2. The zero-order valence-corrected chi connectivity index (χ0v) is 13.8. The summed E-state index contributed by atoms with van der Waals surface area (Å²) >= 11 is 0. The maximum Gasteiger partial charge on any atom is 0.193 e. The van der Waals surface area contributed by atoms with Crippen molar-refractivity contribution in [2.75, 3.05) is 19.0 Å². The molecule has 122 valence electrons. The van der Waals surface area contributed by atoms with Crippen LogP contribution in [0.2, 0.25) is 0 Å². The highest BCUT2D eigenvalue weighted by Gasteiger charge is 2.05. The lowest BCUT2D eigenvalue weighted by molar-refractivity contribution is 0.310. The first-order valence-corrected chi connectivity index (χ1v) is 7.55. The Morgan fingerprint density at radius 2 is 1.87 bits per heavy atom. The van der Waals surface area contributed by atoms with Crippen LogP contribution in [-0.2, 0) is 6.54 Å². The molecule has 0 saturated heterocycles. The first-order chi connectivity index (χ1) is 11.1. The van der Waals surface area contributed by atoms with Gasteiger partial charge in [-0.05, 0) is 43.7 Å². The summed E-state index contributed by atoms with van der Waals surface area (Å²) in [6.45, 7) is 5.05. The normalized spacial score (nSPS) is 11.2.